The Morgan fingerprint density at radius 2 is 1.87 bits per heavy atom. The molecule has 160 valence electrons. The van der Waals surface area contributed by atoms with E-state index in [1.807, 2.05) is 30.2 Å². The van der Waals surface area contributed by atoms with Crippen molar-refractivity contribution in [1.29, 1.82) is 0 Å². The Bertz CT molecular complexity index is 943. The number of amides is 1. The lowest BCUT2D eigenvalue weighted by Crippen LogP contribution is -2.50. The minimum Gasteiger partial charge on any atom is -0.370 e. The molecule has 1 aliphatic heterocycles. The van der Waals surface area contributed by atoms with Crippen LogP contribution in [0.25, 0.3) is 0 Å². The molecule has 30 heavy (non-hydrogen) atoms. The number of rotatable bonds is 5. The number of aryl methyl sites for hydroxylation is 1. The van der Waals surface area contributed by atoms with Crippen LogP contribution in [0.1, 0.15) is 31.4 Å². The molecule has 0 aromatic carbocycles. The van der Waals surface area contributed by atoms with E-state index in [9.17, 15) is 9.59 Å². The highest BCUT2D eigenvalue weighted by Gasteiger charge is 2.24. The summed E-state index contributed by atoms with van der Waals surface area (Å²) in [5.41, 5.74) is 3.01. The summed E-state index contributed by atoms with van der Waals surface area (Å²) in [6, 6.07) is 8.00. The molecule has 7 heteroatoms. The molecule has 0 unspecified atom stereocenters. The summed E-state index contributed by atoms with van der Waals surface area (Å²) in [6.45, 7) is 4.97. The first kappa shape index (κ1) is 20.4. The second-order valence-electron chi connectivity index (χ2n) is 8.38. The van der Waals surface area contributed by atoms with Crippen LogP contribution >= 0.6 is 0 Å². The lowest BCUT2D eigenvalue weighted by Gasteiger charge is -2.36. The number of nitrogens with zero attached hydrogens (tertiary/aromatic N) is 5. The summed E-state index contributed by atoms with van der Waals surface area (Å²) in [7, 11) is 2.08. The van der Waals surface area contributed by atoms with Gasteiger partial charge >= 0.3 is 0 Å². The topological polar surface area (TPSA) is 61.7 Å². The number of aromatic nitrogens is 2. The molecule has 0 bridgehead atoms. The summed E-state index contributed by atoms with van der Waals surface area (Å²) in [5.74, 6) is 0.000304. The average Bonchev–Trinajstić information content (AvgIpc) is 3.30. The first-order valence-electron chi connectivity index (χ1n) is 10.9. The van der Waals surface area contributed by atoms with E-state index in [2.05, 4.69) is 27.9 Å². The van der Waals surface area contributed by atoms with Gasteiger partial charge in [-0.15, -0.1) is 0 Å². The smallest absolute Gasteiger partial charge is 0.251 e. The maximum absolute atomic E-state index is 12.9. The zero-order valence-corrected chi connectivity index (χ0v) is 18.0. The first-order chi connectivity index (χ1) is 14.5. The summed E-state index contributed by atoms with van der Waals surface area (Å²) < 4.78 is 1.56. The van der Waals surface area contributed by atoms with Crippen LogP contribution in [0.15, 0.2) is 41.5 Å². The molecule has 3 heterocycles. The van der Waals surface area contributed by atoms with E-state index in [4.69, 9.17) is 0 Å². The average molecular weight is 410 g/mol. The minimum absolute atomic E-state index is 0.000304. The molecule has 2 aliphatic rings. The molecule has 2 aromatic rings. The molecule has 7 nitrogen and oxygen atoms in total. The van der Waals surface area contributed by atoms with E-state index in [1.54, 1.807) is 16.8 Å². The zero-order valence-electron chi connectivity index (χ0n) is 18.0. The third-order valence-electron chi connectivity index (χ3n) is 6.51. The van der Waals surface area contributed by atoms with Gasteiger partial charge in [-0.2, -0.15) is 0 Å². The van der Waals surface area contributed by atoms with Crippen LogP contribution in [0, 0.1) is 6.92 Å². The molecule has 0 atom stereocenters. The van der Waals surface area contributed by atoms with Crippen molar-refractivity contribution in [1.82, 2.24) is 14.5 Å². The third kappa shape index (κ3) is 4.35. The summed E-state index contributed by atoms with van der Waals surface area (Å²) >= 11 is 0. The molecule has 1 aliphatic carbocycles. The van der Waals surface area contributed by atoms with Crippen molar-refractivity contribution in [3.63, 3.8) is 0 Å². The number of hydrogen-bond donors (Lipinski definition) is 0. The summed E-state index contributed by atoms with van der Waals surface area (Å²) in [4.78, 5) is 36.0. The van der Waals surface area contributed by atoms with Crippen molar-refractivity contribution in [2.45, 2.75) is 45.2 Å². The van der Waals surface area contributed by atoms with Crippen molar-refractivity contribution in [3.8, 4) is 0 Å². The van der Waals surface area contributed by atoms with Crippen molar-refractivity contribution in [2.24, 2.45) is 0 Å². The van der Waals surface area contributed by atoms with Gasteiger partial charge in [-0.25, -0.2) is 0 Å². The Morgan fingerprint density at radius 1 is 1.13 bits per heavy atom. The molecule has 0 radical (unpaired) electrons. The van der Waals surface area contributed by atoms with Crippen LogP contribution in [-0.4, -0.2) is 59.6 Å². The maximum atomic E-state index is 12.9. The van der Waals surface area contributed by atoms with Gasteiger partial charge in [0, 0.05) is 57.7 Å². The summed E-state index contributed by atoms with van der Waals surface area (Å²) in [5, 5.41) is 0. The van der Waals surface area contributed by atoms with Crippen molar-refractivity contribution in [3.05, 3.63) is 52.7 Å². The molecule has 0 spiro atoms. The SMILES string of the molecule is Cc1ncccc1N1CCN(C(=O)Cn2cc(N(C)C3CCCC3)ccc2=O)CC1. The van der Waals surface area contributed by atoms with Gasteiger partial charge in [-0.05, 0) is 38.0 Å². The Labute approximate surface area is 177 Å². The highest BCUT2D eigenvalue weighted by Crippen LogP contribution is 2.26. The quantitative estimate of drug-likeness (QED) is 0.758. The fraction of sp³-hybridized carbons (Fsp3) is 0.522. The van der Waals surface area contributed by atoms with Crippen LogP contribution < -0.4 is 15.4 Å². The van der Waals surface area contributed by atoms with Crippen LogP contribution in [0.4, 0.5) is 11.4 Å². The van der Waals surface area contributed by atoms with Crippen molar-refractivity contribution in [2.75, 3.05) is 43.0 Å². The van der Waals surface area contributed by atoms with Gasteiger partial charge < -0.3 is 19.3 Å². The zero-order chi connectivity index (χ0) is 21.1. The largest absolute Gasteiger partial charge is 0.370 e. The molecule has 4 rings (SSSR count). The molecule has 1 saturated heterocycles. The Balaban J connectivity index is 1.39. The second-order valence-corrected chi connectivity index (χ2v) is 8.38. The number of anilines is 2. The Morgan fingerprint density at radius 3 is 2.57 bits per heavy atom. The molecule has 1 saturated carbocycles. The highest BCUT2D eigenvalue weighted by atomic mass is 16.2. The standard InChI is InChI=1S/C23H31N5O2/c1-18-21(8-5-11-24-18)26-12-14-27(15-13-26)23(30)17-28-16-20(9-10-22(28)29)25(2)19-6-3-4-7-19/h5,8-11,16,19H,3-4,6-7,12-15,17H2,1-2H3. The fourth-order valence-electron chi connectivity index (χ4n) is 4.61. The maximum Gasteiger partial charge on any atom is 0.251 e. The predicted octanol–water partition coefficient (Wildman–Crippen LogP) is 2.28. The van der Waals surface area contributed by atoms with Gasteiger partial charge in [0.05, 0.1) is 17.1 Å². The highest BCUT2D eigenvalue weighted by molar-refractivity contribution is 5.76. The second kappa shape index (κ2) is 8.90. The van der Waals surface area contributed by atoms with Crippen LogP contribution in [0.2, 0.25) is 0 Å². The number of hydrogen-bond acceptors (Lipinski definition) is 5. The lowest BCUT2D eigenvalue weighted by atomic mass is 10.2. The van der Waals surface area contributed by atoms with Gasteiger partial charge in [0.25, 0.3) is 5.56 Å². The number of pyridine rings is 2. The fourth-order valence-corrected chi connectivity index (χ4v) is 4.61. The van der Waals surface area contributed by atoms with E-state index in [-0.39, 0.29) is 18.0 Å². The lowest BCUT2D eigenvalue weighted by molar-refractivity contribution is -0.132. The number of carbonyl (C=O) groups is 1. The van der Waals surface area contributed by atoms with Crippen LogP contribution in [-0.2, 0) is 11.3 Å². The Kier molecular flexibility index (Phi) is 6.06. The third-order valence-corrected chi connectivity index (χ3v) is 6.51. The van der Waals surface area contributed by atoms with Crippen molar-refractivity contribution < 1.29 is 4.79 Å². The first-order valence-corrected chi connectivity index (χ1v) is 10.9. The van der Waals surface area contributed by atoms with Gasteiger partial charge in [0.2, 0.25) is 5.91 Å². The predicted molar refractivity (Wildman–Crippen MR) is 119 cm³/mol. The monoisotopic (exact) mass is 409 g/mol. The van der Waals surface area contributed by atoms with Gasteiger partial charge in [0.15, 0.2) is 0 Å². The van der Waals surface area contributed by atoms with Gasteiger partial charge in [0.1, 0.15) is 6.54 Å². The number of piperazine rings is 1. The Hall–Kier alpha value is -2.83. The van der Waals surface area contributed by atoms with Crippen LogP contribution in [0.5, 0.6) is 0 Å². The minimum atomic E-state index is -0.128. The van der Waals surface area contributed by atoms with Crippen molar-refractivity contribution >= 4 is 17.3 Å². The van der Waals surface area contributed by atoms with E-state index in [0.29, 0.717) is 19.1 Å². The van der Waals surface area contributed by atoms with E-state index in [0.717, 1.165) is 30.2 Å². The number of carbonyl (C=O) groups excluding carboxylic acids is 1. The molecule has 2 aromatic heterocycles. The van der Waals surface area contributed by atoms with Crippen LogP contribution in [0.3, 0.4) is 0 Å². The molecule has 0 N–H and O–H groups in total. The molecular weight excluding hydrogens is 378 g/mol. The van der Waals surface area contributed by atoms with Gasteiger partial charge in [-0.1, -0.05) is 12.8 Å². The van der Waals surface area contributed by atoms with Gasteiger partial charge in [-0.3, -0.25) is 14.6 Å². The normalized spacial score (nSPS) is 17.4. The van der Waals surface area contributed by atoms with E-state index in [1.165, 1.54) is 25.7 Å². The van der Waals surface area contributed by atoms with E-state index < -0.39 is 0 Å². The van der Waals surface area contributed by atoms with E-state index >= 15 is 0 Å². The molecular formula is C23H31N5O2. The summed E-state index contributed by atoms with van der Waals surface area (Å²) in [6.07, 6.45) is 8.54. The molecule has 1 amide bonds. The molecule has 2 fully saturated rings.